The van der Waals surface area contributed by atoms with Crippen molar-refractivity contribution in [2.45, 2.75) is 54.8 Å². The summed E-state index contributed by atoms with van der Waals surface area (Å²) in [5, 5.41) is 76.7. The van der Waals surface area contributed by atoms with Crippen LogP contribution in [-0.4, -0.2) is 115 Å². The van der Waals surface area contributed by atoms with Crippen LogP contribution in [0, 0.1) is 0 Å². The van der Waals surface area contributed by atoms with Crippen LogP contribution in [0.5, 0.6) is 0 Å². The van der Waals surface area contributed by atoms with E-state index in [0.717, 1.165) is 0 Å². The standard InChI is InChI=1S/C12H22O11/c13-1-4-6(16)8(18)9(19)11(21-4)23-12(3-15)10(20)7(17)5(2-14)22-12/h4-11,13-20H,1-3H2/t4?,5-,6+,7+,8+,9-,10?,11?,12+/m1/s1. The van der Waals surface area contributed by atoms with Gasteiger partial charge in [-0.15, -0.1) is 0 Å². The first-order chi connectivity index (χ1) is 10.8. The molecule has 0 spiro atoms. The molecule has 0 aromatic heterocycles. The first-order valence-corrected chi connectivity index (χ1v) is 7.05. The summed E-state index contributed by atoms with van der Waals surface area (Å²) < 4.78 is 15.4. The van der Waals surface area contributed by atoms with E-state index >= 15 is 0 Å². The van der Waals surface area contributed by atoms with Crippen molar-refractivity contribution in [2.75, 3.05) is 19.8 Å². The Kier molecular flexibility index (Phi) is 5.92. The van der Waals surface area contributed by atoms with Gasteiger partial charge < -0.3 is 55.1 Å². The van der Waals surface area contributed by atoms with Gasteiger partial charge in [0.05, 0.1) is 13.2 Å². The molecule has 2 aliphatic heterocycles. The molecule has 3 unspecified atom stereocenters. The molecule has 9 atom stereocenters. The summed E-state index contributed by atoms with van der Waals surface area (Å²) in [5.74, 6) is -2.22. The van der Waals surface area contributed by atoms with E-state index in [4.69, 9.17) is 24.4 Å². The minimum atomic E-state index is -2.22. The Labute approximate surface area is 130 Å². The lowest BCUT2D eigenvalue weighted by Gasteiger charge is -2.43. The van der Waals surface area contributed by atoms with E-state index in [-0.39, 0.29) is 0 Å². The summed E-state index contributed by atoms with van der Waals surface area (Å²) in [5.41, 5.74) is 0. The van der Waals surface area contributed by atoms with Gasteiger partial charge in [-0.25, -0.2) is 0 Å². The van der Waals surface area contributed by atoms with Crippen LogP contribution in [0.4, 0.5) is 0 Å². The minimum Gasteiger partial charge on any atom is -0.394 e. The van der Waals surface area contributed by atoms with Crippen LogP contribution in [0.3, 0.4) is 0 Å². The van der Waals surface area contributed by atoms with Crippen LogP contribution in [0.1, 0.15) is 0 Å². The van der Waals surface area contributed by atoms with Crippen LogP contribution in [-0.2, 0) is 14.2 Å². The summed E-state index contributed by atoms with van der Waals surface area (Å²) in [6, 6.07) is 0. The number of hydrogen-bond donors (Lipinski definition) is 8. The van der Waals surface area contributed by atoms with Crippen molar-refractivity contribution in [1.82, 2.24) is 0 Å². The monoisotopic (exact) mass is 342 g/mol. The molecule has 2 rings (SSSR count). The van der Waals surface area contributed by atoms with Crippen LogP contribution in [0.2, 0.25) is 0 Å². The largest absolute Gasteiger partial charge is 0.394 e. The average molecular weight is 342 g/mol. The normalized spacial score (nSPS) is 51.1. The van der Waals surface area contributed by atoms with Crippen molar-refractivity contribution in [3.05, 3.63) is 0 Å². The molecule has 0 aromatic carbocycles. The zero-order valence-corrected chi connectivity index (χ0v) is 12.0. The van der Waals surface area contributed by atoms with E-state index in [2.05, 4.69) is 0 Å². The highest BCUT2D eigenvalue weighted by Gasteiger charge is 2.58. The van der Waals surface area contributed by atoms with Crippen molar-refractivity contribution in [3.63, 3.8) is 0 Å². The average Bonchev–Trinajstić information content (AvgIpc) is 2.80. The first kappa shape index (κ1) is 18.9. The Hall–Kier alpha value is -0.440. The Balaban J connectivity index is 2.18. The molecule has 11 nitrogen and oxygen atoms in total. The molecule has 2 fully saturated rings. The molecule has 0 radical (unpaired) electrons. The highest BCUT2D eigenvalue weighted by atomic mass is 16.8. The zero-order chi connectivity index (χ0) is 17.4. The predicted octanol–water partition coefficient (Wildman–Crippen LogP) is -5.40. The van der Waals surface area contributed by atoms with Crippen molar-refractivity contribution >= 4 is 0 Å². The van der Waals surface area contributed by atoms with Gasteiger partial charge in [0.2, 0.25) is 5.79 Å². The second-order valence-corrected chi connectivity index (χ2v) is 5.56. The van der Waals surface area contributed by atoms with Gasteiger partial charge in [0.1, 0.15) is 49.3 Å². The molecule has 0 aromatic rings. The molecular weight excluding hydrogens is 320 g/mol. The van der Waals surface area contributed by atoms with E-state index in [0.29, 0.717) is 0 Å². The van der Waals surface area contributed by atoms with Crippen LogP contribution >= 0.6 is 0 Å². The van der Waals surface area contributed by atoms with E-state index in [1.165, 1.54) is 0 Å². The van der Waals surface area contributed by atoms with Gasteiger partial charge in [0.25, 0.3) is 0 Å². The summed E-state index contributed by atoms with van der Waals surface area (Å²) in [6.07, 6.45) is -12.7. The second kappa shape index (κ2) is 7.21. The third-order valence-electron chi connectivity index (χ3n) is 4.07. The lowest BCUT2D eigenvalue weighted by Crippen LogP contribution is -2.62. The molecule has 0 aliphatic carbocycles. The van der Waals surface area contributed by atoms with E-state index in [1.54, 1.807) is 0 Å². The fourth-order valence-electron chi connectivity index (χ4n) is 2.63. The number of rotatable bonds is 5. The molecule has 2 saturated heterocycles. The van der Waals surface area contributed by atoms with Gasteiger partial charge in [-0.1, -0.05) is 0 Å². The molecule has 8 N–H and O–H groups in total. The van der Waals surface area contributed by atoms with Gasteiger partial charge in [-0.05, 0) is 0 Å². The summed E-state index contributed by atoms with van der Waals surface area (Å²) in [6.45, 7) is -2.32. The maximum Gasteiger partial charge on any atom is 0.224 e. The van der Waals surface area contributed by atoms with Crippen LogP contribution in [0.25, 0.3) is 0 Å². The van der Waals surface area contributed by atoms with Gasteiger partial charge in [-0.2, -0.15) is 0 Å². The molecule has 136 valence electrons. The lowest BCUT2D eigenvalue weighted by atomic mass is 9.99. The van der Waals surface area contributed by atoms with Crippen molar-refractivity contribution < 1.29 is 55.1 Å². The number of hydrogen-bond acceptors (Lipinski definition) is 11. The maximum absolute atomic E-state index is 10.00. The van der Waals surface area contributed by atoms with Gasteiger partial charge in [0.15, 0.2) is 6.29 Å². The quantitative estimate of drug-likeness (QED) is 0.238. The van der Waals surface area contributed by atoms with E-state index < -0.39 is 74.6 Å². The van der Waals surface area contributed by atoms with Crippen molar-refractivity contribution in [2.24, 2.45) is 0 Å². The van der Waals surface area contributed by atoms with E-state index in [9.17, 15) is 30.6 Å². The molecule has 2 aliphatic rings. The summed E-state index contributed by atoms with van der Waals surface area (Å²) >= 11 is 0. The van der Waals surface area contributed by atoms with Gasteiger partial charge in [-0.3, -0.25) is 0 Å². The Morgan fingerprint density at radius 1 is 0.783 bits per heavy atom. The zero-order valence-electron chi connectivity index (χ0n) is 12.0. The minimum absolute atomic E-state index is 0.669. The summed E-state index contributed by atoms with van der Waals surface area (Å²) in [7, 11) is 0. The second-order valence-electron chi connectivity index (χ2n) is 5.56. The predicted molar refractivity (Wildman–Crippen MR) is 68.6 cm³/mol. The molecule has 23 heavy (non-hydrogen) atoms. The maximum atomic E-state index is 10.00. The van der Waals surface area contributed by atoms with Crippen LogP contribution < -0.4 is 0 Å². The SMILES string of the molecule is OCC1OC(O[C@]2(CO)O[C@H](CO)[C@H](O)C2O)[C@H](O)[C@@H](O)[C@H]1O. The summed E-state index contributed by atoms with van der Waals surface area (Å²) in [4.78, 5) is 0. The number of aliphatic hydroxyl groups is 8. The van der Waals surface area contributed by atoms with Gasteiger partial charge >= 0.3 is 0 Å². The smallest absolute Gasteiger partial charge is 0.224 e. The fraction of sp³-hybridized carbons (Fsp3) is 1.00. The molecule has 0 amide bonds. The number of aliphatic hydroxyl groups excluding tert-OH is 8. The topological polar surface area (TPSA) is 190 Å². The van der Waals surface area contributed by atoms with Gasteiger partial charge in [0, 0.05) is 0 Å². The highest BCUT2D eigenvalue weighted by molar-refractivity contribution is 4.98. The molecule has 11 heteroatoms. The van der Waals surface area contributed by atoms with E-state index in [1.807, 2.05) is 0 Å². The third kappa shape index (κ3) is 3.23. The Morgan fingerprint density at radius 3 is 1.87 bits per heavy atom. The lowest BCUT2D eigenvalue weighted by molar-refractivity contribution is -0.383. The molecule has 2 heterocycles. The Bertz CT molecular complexity index is 393. The first-order valence-electron chi connectivity index (χ1n) is 7.05. The van der Waals surface area contributed by atoms with Crippen molar-refractivity contribution in [3.8, 4) is 0 Å². The van der Waals surface area contributed by atoms with Crippen molar-refractivity contribution in [1.29, 1.82) is 0 Å². The molecular formula is C12H22O11. The Morgan fingerprint density at radius 2 is 1.39 bits per heavy atom. The third-order valence-corrected chi connectivity index (χ3v) is 4.07. The molecule has 0 saturated carbocycles. The highest BCUT2D eigenvalue weighted by Crippen LogP contribution is 2.35. The number of ether oxygens (including phenoxy) is 3. The molecule has 0 bridgehead atoms. The van der Waals surface area contributed by atoms with Crippen LogP contribution in [0.15, 0.2) is 0 Å². The fourth-order valence-corrected chi connectivity index (χ4v) is 2.63.